The largest absolute Gasteiger partial charge is 0.345 e. The molecule has 1 aromatic heterocycles. The van der Waals surface area contributed by atoms with E-state index in [1.54, 1.807) is 4.57 Å². The highest BCUT2D eigenvalue weighted by atomic mass is 16.1. The Balaban J connectivity index is 2.21. The van der Waals surface area contributed by atoms with E-state index >= 15 is 0 Å². The molecular formula is C22H20N2O2. The van der Waals surface area contributed by atoms with Gasteiger partial charge in [-0.25, -0.2) is 0 Å². The average molecular weight is 344 g/mol. The van der Waals surface area contributed by atoms with E-state index in [0.717, 1.165) is 23.2 Å². The van der Waals surface area contributed by atoms with Crippen LogP contribution >= 0.6 is 0 Å². The van der Waals surface area contributed by atoms with Gasteiger partial charge in [0.2, 0.25) is 5.91 Å². The van der Waals surface area contributed by atoms with E-state index in [9.17, 15) is 9.59 Å². The van der Waals surface area contributed by atoms with Gasteiger partial charge >= 0.3 is 0 Å². The Labute approximate surface area is 152 Å². The van der Waals surface area contributed by atoms with Crippen LogP contribution in [0.4, 0.5) is 0 Å². The minimum absolute atomic E-state index is 0.0741. The lowest BCUT2D eigenvalue weighted by Crippen LogP contribution is -2.22. The molecule has 0 aliphatic rings. The first kappa shape index (κ1) is 17.5. The number of nitrogens with one attached hydrogen (secondary N) is 1. The Bertz CT molecular complexity index is 1070. The van der Waals surface area contributed by atoms with E-state index in [2.05, 4.69) is 17.2 Å². The second kappa shape index (κ2) is 7.71. The molecule has 0 radical (unpaired) electrons. The van der Waals surface area contributed by atoms with Crippen LogP contribution in [0.25, 0.3) is 16.5 Å². The third-order valence-electron chi connectivity index (χ3n) is 4.15. The van der Waals surface area contributed by atoms with Crippen LogP contribution in [-0.2, 0) is 11.2 Å². The molecule has 0 fully saturated rings. The van der Waals surface area contributed by atoms with Gasteiger partial charge in [-0.15, -0.1) is 0 Å². The second-order valence-corrected chi connectivity index (χ2v) is 5.95. The predicted octanol–water partition coefficient (Wildman–Crippen LogP) is 3.04. The number of rotatable bonds is 3. The minimum Gasteiger partial charge on any atom is -0.345 e. The number of aryl methyl sites for hydroxylation is 1. The average Bonchev–Trinajstić information content (AvgIpc) is 2.65. The summed E-state index contributed by atoms with van der Waals surface area (Å²) in [5.41, 5.74) is 2.40. The quantitative estimate of drug-likeness (QED) is 0.743. The number of nitrogens with zero attached hydrogens (tertiary/aromatic N) is 1. The van der Waals surface area contributed by atoms with Crippen molar-refractivity contribution >= 4 is 16.7 Å². The van der Waals surface area contributed by atoms with E-state index < -0.39 is 0 Å². The van der Waals surface area contributed by atoms with Gasteiger partial charge in [0, 0.05) is 23.9 Å². The Morgan fingerprint density at radius 2 is 1.88 bits per heavy atom. The maximum atomic E-state index is 13.3. The van der Waals surface area contributed by atoms with Crippen LogP contribution in [0, 0.1) is 11.8 Å². The first-order chi connectivity index (χ1) is 12.6. The van der Waals surface area contributed by atoms with Crippen molar-refractivity contribution in [2.24, 2.45) is 0 Å². The first-order valence-electron chi connectivity index (χ1n) is 8.58. The summed E-state index contributed by atoms with van der Waals surface area (Å²) in [5.74, 6) is 5.80. The monoisotopic (exact) mass is 344 g/mol. The maximum absolute atomic E-state index is 13.3. The molecule has 1 heterocycles. The molecule has 3 rings (SSSR count). The molecule has 2 aromatic carbocycles. The zero-order valence-electron chi connectivity index (χ0n) is 14.9. The summed E-state index contributed by atoms with van der Waals surface area (Å²) < 4.78 is 1.75. The fraction of sp³-hybridized carbons (Fsp3) is 0.182. The van der Waals surface area contributed by atoms with Gasteiger partial charge in [-0.2, -0.15) is 0 Å². The zero-order chi connectivity index (χ0) is 18.5. The Hall–Kier alpha value is -3.32. The molecule has 0 aliphatic carbocycles. The summed E-state index contributed by atoms with van der Waals surface area (Å²) in [6.07, 6.45) is 0.749. The molecule has 4 heteroatoms. The van der Waals surface area contributed by atoms with Crippen LogP contribution in [-0.4, -0.2) is 17.0 Å². The van der Waals surface area contributed by atoms with Crippen molar-refractivity contribution in [3.63, 3.8) is 0 Å². The third kappa shape index (κ3) is 3.52. The molecule has 0 saturated carbocycles. The molecule has 0 spiro atoms. The summed E-state index contributed by atoms with van der Waals surface area (Å²) in [6.45, 7) is 3.74. The first-order valence-corrected chi connectivity index (χ1v) is 8.58. The van der Waals surface area contributed by atoms with Crippen LogP contribution in [0.2, 0.25) is 0 Å². The van der Waals surface area contributed by atoms with Gasteiger partial charge in [-0.1, -0.05) is 49.1 Å². The molecule has 4 nitrogen and oxygen atoms in total. The second-order valence-electron chi connectivity index (χ2n) is 5.95. The number of hydrogen-bond donors (Lipinski definition) is 1. The molecule has 0 atom stereocenters. The summed E-state index contributed by atoms with van der Waals surface area (Å²) in [4.78, 5) is 24.3. The number of hydrogen-bond acceptors (Lipinski definition) is 2. The molecule has 0 saturated heterocycles. The molecule has 3 aromatic rings. The van der Waals surface area contributed by atoms with Crippen molar-refractivity contribution < 1.29 is 4.79 Å². The summed E-state index contributed by atoms with van der Waals surface area (Å²) in [6, 6.07) is 17.3. The van der Waals surface area contributed by atoms with Gasteiger partial charge in [0.25, 0.3) is 5.56 Å². The lowest BCUT2D eigenvalue weighted by molar-refractivity contribution is -0.118. The molecule has 0 unspecified atom stereocenters. The van der Waals surface area contributed by atoms with E-state index in [4.69, 9.17) is 0 Å². The van der Waals surface area contributed by atoms with Crippen LogP contribution < -0.4 is 10.9 Å². The molecule has 0 bridgehead atoms. The smallest absolute Gasteiger partial charge is 0.264 e. The third-order valence-corrected chi connectivity index (χ3v) is 4.15. The van der Waals surface area contributed by atoms with Gasteiger partial charge in [0.1, 0.15) is 0 Å². The van der Waals surface area contributed by atoms with E-state index in [1.165, 1.54) is 6.92 Å². The number of para-hydroxylation sites is 1. The van der Waals surface area contributed by atoms with Crippen LogP contribution in [0.3, 0.4) is 0 Å². The predicted molar refractivity (Wildman–Crippen MR) is 104 cm³/mol. The lowest BCUT2D eigenvalue weighted by atomic mass is 10.0. The minimum atomic E-state index is -0.128. The fourth-order valence-electron chi connectivity index (χ4n) is 2.95. The highest BCUT2D eigenvalue weighted by Gasteiger charge is 2.12. The van der Waals surface area contributed by atoms with Gasteiger partial charge in [0.05, 0.1) is 11.9 Å². The number of fused-ring (bicyclic) bond motifs is 1. The number of pyridine rings is 1. The fourth-order valence-corrected chi connectivity index (χ4v) is 2.95. The molecule has 130 valence electrons. The van der Waals surface area contributed by atoms with Crippen molar-refractivity contribution in [2.75, 3.05) is 6.54 Å². The Kier molecular flexibility index (Phi) is 5.19. The number of benzene rings is 2. The SMILES string of the molecule is CCc1cc2cccc(C#CCNC(C)=O)c2c(=O)n1-c1ccccc1. The van der Waals surface area contributed by atoms with Gasteiger partial charge < -0.3 is 5.32 Å². The normalized spacial score (nSPS) is 10.2. The standard InChI is InChI=1S/C22H20N2O2/c1-3-19-15-18-10-7-9-17(11-8-14-23-16(2)25)21(18)22(26)24(19)20-12-5-4-6-13-20/h4-7,9-10,12-13,15H,3,14H2,1-2H3,(H,23,25). The van der Waals surface area contributed by atoms with Gasteiger partial charge in [-0.3, -0.25) is 14.2 Å². The maximum Gasteiger partial charge on any atom is 0.264 e. The molecule has 0 aliphatic heterocycles. The number of carbonyl (C=O) groups is 1. The zero-order valence-corrected chi connectivity index (χ0v) is 14.9. The highest BCUT2D eigenvalue weighted by molar-refractivity contribution is 5.88. The Morgan fingerprint density at radius 1 is 1.12 bits per heavy atom. The number of amides is 1. The summed E-state index contributed by atoms with van der Waals surface area (Å²) in [7, 11) is 0. The van der Waals surface area contributed by atoms with Crippen molar-refractivity contribution in [1.82, 2.24) is 9.88 Å². The van der Waals surface area contributed by atoms with Gasteiger partial charge in [-0.05, 0) is 36.1 Å². The van der Waals surface area contributed by atoms with Crippen LogP contribution in [0.15, 0.2) is 59.4 Å². The van der Waals surface area contributed by atoms with E-state index in [-0.39, 0.29) is 18.0 Å². The van der Waals surface area contributed by atoms with E-state index in [1.807, 2.05) is 61.5 Å². The van der Waals surface area contributed by atoms with Crippen molar-refractivity contribution in [3.8, 4) is 17.5 Å². The number of carbonyl (C=O) groups excluding carboxylic acids is 1. The van der Waals surface area contributed by atoms with Crippen molar-refractivity contribution in [2.45, 2.75) is 20.3 Å². The van der Waals surface area contributed by atoms with Crippen LogP contribution in [0.1, 0.15) is 25.1 Å². The summed E-state index contributed by atoms with van der Waals surface area (Å²) >= 11 is 0. The lowest BCUT2D eigenvalue weighted by Gasteiger charge is -2.14. The van der Waals surface area contributed by atoms with Gasteiger partial charge in [0.15, 0.2) is 0 Å². The van der Waals surface area contributed by atoms with Crippen molar-refractivity contribution in [3.05, 3.63) is 76.2 Å². The van der Waals surface area contributed by atoms with E-state index in [0.29, 0.717) is 10.9 Å². The summed E-state index contributed by atoms with van der Waals surface area (Å²) in [5, 5.41) is 4.12. The molecule has 1 amide bonds. The molecular weight excluding hydrogens is 324 g/mol. The van der Waals surface area contributed by atoms with Crippen LogP contribution in [0.5, 0.6) is 0 Å². The Morgan fingerprint density at radius 3 is 2.58 bits per heavy atom. The topological polar surface area (TPSA) is 51.1 Å². The number of aromatic nitrogens is 1. The molecule has 26 heavy (non-hydrogen) atoms. The molecule has 1 N–H and O–H groups in total. The highest BCUT2D eigenvalue weighted by Crippen LogP contribution is 2.19. The van der Waals surface area contributed by atoms with Crippen molar-refractivity contribution in [1.29, 1.82) is 0 Å².